The van der Waals surface area contributed by atoms with E-state index in [0.29, 0.717) is 0 Å². The molecular weight excluding hydrogens is 228 g/mol. The van der Waals surface area contributed by atoms with Gasteiger partial charge in [-0.3, -0.25) is 0 Å². The van der Waals surface area contributed by atoms with E-state index in [-0.39, 0.29) is 6.03 Å². The number of rotatable bonds is 4. The third-order valence-corrected chi connectivity index (χ3v) is 3.78. The van der Waals surface area contributed by atoms with Crippen LogP contribution in [0.4, 0.5) is 4.79 Å². The Morgan fingerprint density at radius 3 is 2.50 bits per heavy atom. The van der Waals surface area contributed by atoms with Gasteiger partial charge in [0.05, 0.1) is 0 Å². The Morgan fingerprint density at radius 2 is 1.78 bits per heavy atom. The van der Waals surface area contributed by atoms with Gasteiger partial charge in [-0.15, -0.1) is 0 Å². The largest absolute Gasteiger partial charge is 0.338 e. The highest BCUT2D eigenvalue weighted by atomic mass is 16.2. The average Bonchev–Trinajstić information content (AvgIpc) is 2.45. The van der Waals surface area contributed by atoms with Crippen LogP contribution in [0.15, 0.2) is 0 Å². The minimum absolute atomic E-state index is 0.134. The molecule has 0 atom stereocenters. The van der Waals surface area contributed by atoms with Crippen LogP contribution in [0, 0.1) is 0 Å². The van der Waals surface area contributed by atoms with Crippen molar-refractivity contribution in [3.05, 3.63) is 0 Å². The predicted molar refractivity (Wildman–Crippen MR) is 72.7 cm³/mol. The number of hydrogen-bond donors (Lipinski definition) is 2. The Labute approximate surface area is 110 Å². The predicted octanol–water partition coefficient (Wildman–Crippen LogP) is 0.477. The number of hydrogen-bond acceptors (Lipinski definition) is 3. The van der Waals surface area contributed by atoms with E-state index in [0.717, 1.165) is 71.6 Å². The Hall–Kier alpha value is -0.810. The van der Waals surface area contributed by atoms with Crippen molar-refractivity contribution in [1.82, 2.24) is 20.4 Å². The van der Waals surface area contributed by atoms with Crippen LogP contribution in [-0.4, -0.2) is 68.2 Å². The molecule has 0 aromatic rings. The lowest BCUT2D eigenvalue weighted by Crippen LogP contribution is -2.45. The van der Waals surface area contributed by atoms with E-state index in [1.54, 1.807) is 0 Å². The lowest BCUT2D eigenvalue weighted by Gasteiger charge is -2.28. The summed E-state index contributed by atoms with van der Waals surface area (Å²) in [6.45, 7) is 8.24. The van der Waals surface area contributed by atoms with Crippen LogP contribution in [0.2, 0.25) is 0 Å². The van der Waals surface area contributed by atoms with E-state index in [2.05, 4.69) is 15.5 Å². The molecule has 2 fully saturated rings. The first-order valence-electron chi connectivity index (χ1n) is 7.32. The van der Waals surface area contributed by atoms with Gasteiger partial charge in [-0.1, -0.05) is 0 Å². The van der Waals surface area contributed by atoms with Gasteiger partial charge >= 0.3 is 6.03 Å². The summed E-state index contributed by atoms with van der Waals surface area (Å²) in [5.74, 6) is 0. The molecule has 2 heterocycles. The second-order valence-electron chi connectivity index (χ2n) is 5.22. The molecule has 0 bridgehead atoms. The lowest BCUT2D eigenvalue weighted by atomic mass is 10.1. The summed E-state index contributed by atoms with van der Waals surface area (Å²) in [5.41, 5.74) is 0. The van der Waals surface area contributed by atoms with Crippen molar-refractivity contribution in [3.8, 4) is 0 Å². The van der Waals surface area contributed by atoms with Crippen molar-refractivity contribution in [3.63, 3.8) is 0 Å². The zero-order chi connectivity index (χ0) is 12.6. The normalized spacial score (nSPS) is 21.9. The van der Waals surface area contributed by atoms with Gasteiger partial charge in [-0.25, -0.2) is 4.79 Å². The van der Waals surface area contributed by atoms with Crippen molar-refractivity contribution in [2.24, 2.45) is 0 Å². The molecule has 0 aliphatic carbocycles. The Bertz CT molecular complexity index is 247. The van der Waals surface area contributed by atoms with Crippen LogP contribution >= 0.6 is 0 Å². The molecule has 0 aromatic carbocycles. The molecule has 2 N–H and O–H groups in total. The third-order valence-electron chi connectivity index (χ3n) is 3.78. The fourth-order valence-corrected chi connectivity index (χ4v) is 2.64. The number of carbonyl (C=O) groups excluding carboxylic acids is 1. The summed E-state index contributed by atoms with van der Waals surface area (Å²) in [5, 5.41) is 6.38. The quantitative estimate of drug-likeness (QED) is 0.717. The van der Waals surface area contributed by atoms with Crippen LogP contribution in [0.25, 0.3) is 0 Å². The van der Waals surface area contributed by atoms with Gasteiger partial charge in [0.15, 0.2) is 0 Å². The maximum atomic E-state index is 11.8. The van der Waals surface area contributed by atoms with Gasteiger partial charge in [0, 0.05) is 45.8 Å². The first-order valence-corrected chi connectivity index (χ1v) is 7.32. The number of likely N-dealkylation sites (tertiary alicyclic amines) is 1. The molecule has 0 unspecified atom stereocenters. The van der Waals surface area contributed by atoms with Crippen LogP contribution in [0.1, 0.15) is 25.7 Å². The van der Waals surface area contributed by atoms with E-state index in [4.69, 9.17) is 0 Å². The second kappa shape index (κ2) is 7.59. The highest BCUT2D eigenvalue weighted by Gasteiger charge is 2.15. The molecule has 5 nitrogen and oxygen atoms in total. The first kappa shape index (κ1) is 13.6. The smallest absolute Gasteiger partial charge is 0.317 e. The molecule has 18 heavy (non-hydrogen) atoms. The zero-order valence-electron chi connectivity index (χ0n) is 11.3. The summed E-state index contributed by atoms with van der Waals surface area (Å²) in [6.07, 6.45) is 4.65. The monoisotopic (exact) mass is 254 g/mol. The number of urea groups is 1. The molecule has 2 saturated heterocycles. The van der Waals surface area contributed by atoms with Gasteiger partial charge in [-0.05, 0) is 32.2 Å². The molecule has 2 rings (SSSR count). The van der Waals surface area contributed by atoms with Gasteiger partial charge < -0.3 is 20.4 Å². The number of piperazine rings is 1. The van der Waals surface area contributed by atoms with E-state index in [1.807, 2.05) is 4.90 Å². The first-order chi connectivity index (χ1) is 8.86. The summed E-state index contributed by atoms with van der Waals surface area (Å²) < 4.78 is 0. The standard InChI is InChI=1S/C13H26N4O/c18-13(17-9-2-1-3-10-17)15-5-4-8-16-11-6-14-7-12-16/h14H,1-12H2,(H,15,18). The Kier molecular flexibility index (Phi) is 5.74. The molecule has 0 aromatic heterocycles. The molecule has 0 saturated carbocycles. The van der Waals surface area contributed by atoms with Crippen LogP contribution < -0.4 is 10.6 Å². The van der Waals surface area contributed by atoms with Gasteiger partial charge in [0.2, 0.25) is 0 Å². The summed E-state index contributed by atoms with van der Waals surface area (Å²) in [4.78, 5) is 16.3. The van der Waals surface area contributed by atoms with E-state index in [9.17, 15) is 4.79 Å². The molecule has 5 heteroatoms. The number of nitrogens with one attached hydrogen (secondary N) is 2. The molecule has 0 spiro atoms. The topological polar surface area (TPSA) is 47.6 Å². The van der Waals surface area contributed by atoms with E-state index >= 15 is 0 Å². The van der Waals surface area contributed by atoms with Gasteiger partial charge in [0.25, 0.3) is 0 Å². The summed E-state index contributed by atoms with van der Waals surface area (Å²) in [6, 6.07) is 0.134. The number of amides is 2. The van der Waals surface area contributed by atoms with Crippen molar-refractivity contribution >= 4 is 6.03 Å². The number of nitrogens with zero attached hydrogens (tertiary/aromatic N) is 2. The maximum Gasteiger partial charge on any atom is 0.317 e. The van der Waals surface area contributed by atoms with Crippen LogP contribution in [0.3, 0.4) is 0 Å². The molecule has 104 valence electrons. The van der Waals surface area contributed by atoms with Crippen LogP contribution in [0.5, 0.6) is 0 Å². The summed E-state index contributed by atoms with van der Waals surface area (Å²) in [7, 11) is 0. The number of carbonyl (C=O) groups is 1. The van der Waals surface area contributed by atoms with Gasteiger partial charge in [0.1, 0.15) is 0 Å². The molecule has 0 radical (unpaired) electrons. The molecular formula is C13H26N4O. The van der Waals surface area contributed by atoms with Crippen molar-refractivity contribution in [2.75, 3.05) is 52.4 Å². The molecule has 2 amide bonds. The summed E-state index contributed by atoms with van der Waals surface area (Å²) >= 11 is 0. The van der Waals surface area contributed by atoms with Crippen LogP contribution in [-0.2, 0) is 0 Å². The van der Waals surface area contributed by atoms with Crippen molar-refractivity contribution in [2.45, 2.75) is 25.7 Å². The van der Waals surface area contributed by atoms with Crippen molar-refractivity contribution in [1.29, 1.82) is 0 Å². The zero-order valence-corrected chi connectivity index (χ0v) is 11.3. The Balaban J connectivity index is 1.52. The Morgan fingerprint density at radius 1 is 1.06 bits per heavy atom. The van der Waals surface area contributed by atoms with E-state index < -0.39 is 0 Å². The minimum atomic E-state index is 0.134. The maximum absolute atomic E-state index is 11.8. The van der Waals surface area contributed by atoms with Crippen molar-refractivity contribution < 1.29 is 4.79 Å². The second-order valence-corrected chi connectivity index (χ2v) is 5.22. The molecule has 2 aliphatic heterocycles. The fraction of sp³-hybridized carbons (Fsp3) is 0.923. The SMILES string of the molecule is O=C(NCCCN1CCNCC1)N1CCCCC1. The molecule has 2 aliphatic rings. The third kappa shape index (κ3) is 4.46. The fourth-order valence-electron chi connectivity index (χ4n) is 2.64. The average molecular weight is 254 g/mol. The minimum Gasteiger partial charge on any atom is -0.338 e. The highest BCUT2D eigenvalue weighted by Crippen LogP contribution is 2.08. The highest BCUT2D eigenvalue weighted by molar-refractivity contribution is 5.74. The number of piperidine rings is 1. The lowest BCUT2D eigenvalue weighted by molar-refractivity contribution is 0.185. The van der Waals surface area contributed by atoms with E-state index in [1.165, 1.54) is 6.42 Å². The van der Waals surface area contributed by atoms with Gasteiger partial charge in [-0.2, -0.15) is 0 Å².